The lowest BCUT2D eigenvalue weighted by molar-refractivity contribution is -0.917. The highest BCUT2D eigenvalue weighted by Gasteiger charge is 2.25. The molecule has 25 heavy (non-hydrogen) atoms. The second-order valence-electron chi connectivity index (χ2n) is 6.30. The summed E-state index contributed by atoms with van der Waals surface area (Å²) in [6.07, 6.45) is 0. The third-order valence-electron chi connectivity index (χ3n) is 4.57. The molecule has 1 aromatic heterocycles. The molecule has 0 bridgehead atoms. The van der Waals surface area contributed by atoms with Crippen molar-refractivity contribution >= 4 is 27.5 Å². The van der Waals surface area contributed by atoms with Crippen molar-refractivity contribution in [3.05, 3.63) is 64.9 Å². The summed E-state index contributed by atoms with van der Waals surface area (Å²) in [5, 5.41) is 1.14. The molecule has 1 fully saturated rings. The van der Waals surface area contributed by atoms with Gasteiger partial charge in [-0.1, -0.05) is 18.2 Å². The number of halogens is 1. The van der Waals surface area contributed by atoms with Crippen molar-refractivity contribution in [2.45, 2.75) is 6.54 Å². The lowest BCUT2D eigenvalue weighted by atomic mass is 10.1. The van der Waals surface area contributed by atoms with Crippen molar-refractivity contribution in [3.8, 4) is 0 Å². The number of rotatable bonds is 3. The molecule has 1 aliphatic rings. The molecular formula is C19H19FN3OS+. The average Bonchev–Trinajstić information content (AvgIpc) is 3.04. The fraction of sp³-hybridized carbons (Fsp3) is 0.263. The molecule has 0 saturated carbocycles. The molecule has 4 nitrogen and oxygen atoms in total. The summed E-state index contributed by atoms with van der Waals surface area (Å²) in [5.74, 6) is -0.454. The Labute approximate surface area is 149 Å². The number of hydrogen-bond donors (Lipinski definition) is 1. The minimum Gasteiger partial charge on any atom is -0.327 e. The van der Waals surface area contributed by atoms with E-state index in [1.807, 2.05) is 23.1 Å². The summed E-state index contributed by atoms with van der Waals surface area (Å²) >= 11 is 1.74. The number of para-hydroxylation sites is 1. The first-order chi connectivity index (χ1) is 12.2. The van der Waals surface area contributed by atoms with Crippen molar-refractivity contribution in [2.24, 2.45) is 0 Å². The van der Waals surface area contributed by atoms with E-state index >= 15 is 0 Å². The maximum absolute atomic E-state index is 13.3. The van der Waals surface area contributed by atoms with Crippen LogP contribution in [0.1, 0.15) is 15.4 Å². The van der Waals surface area contributed by atoms with Crippen LogP contribution < -0.4 is 4.90 Å². The fourth-order valence-corrected chi connectivity index (χ4v) is 4.26. The number of hydrogen-bond acceptors (Lipinski definition) is 3. The summed E-state index contributed by atoms with van der Waals surface area (Å²) in [4.78, 5) is 20.4. The number of quaternary nitrogens is 1. The Morgan fingerprint density at radius 3 is 2.72 bits per heavy atom. The van der Waals surface area contributed by atoms with Crippen LogP contribution in [0.2, 0.25) is 0 Å². The summed E-state index contributed by atoms with van der Waals surface area (Å²) in [6, 6.07) is 14.1. The maximum atomic E-state index is 13.3. The Morgan fingerprint density at radius 2 is 1.96 bits per heavy atom. The molecule has 1 saturated heterocycles. The number of piperazine rings is 1. The largest absolute Gasteiger partial charge is 0.327 e. The van der Waals surface area contributed by atoms with Crippen LogP contribution in [-0.2, 0) is 6.54 Å². The third-order valence-corrected chi connectivity index (χ3v) is 5.61. The van der Waals surface area contributed by atoms with E-state index in [9.17, 15) is 9.18 Å². The topological polar surface area (TPSA) is 37.6 Å². The van der Waals surface area contributed by atoms with Gasteiger partial charge in [0.05, 0.1) is 36.4 Å². The van der Waals surface area contributed by atoms with Gasteiger partial charge in [0.2, 0.25) is 0 Å². The second-order valence-corrected chi connectivity index (χ2v) is 7.42. The number of nitrogens with zero attached hydrogens (tertiary/aromatic N) is 2. The molecule has 0 radical (unpaired) electrons. The van der Waals surface area contributed by atoms with Crippen molar-refractivity contribution in [3.63, 3.8) is 0 Å². The van der Waals surface area contributed by atoms with Crippen LogP contribution in [0.15, 0.2) is 48.5 Å². The zero-order chi connectivity index (χ0) is 17.2. The lowest BCUT2D eigenvalue weighted by Gasteiger charge is -2.31. The van der Waals surface area contributed by atoms with Gasteiger partial charge in [-0.3, -0.25) is 4.79 Å². The van der Waals surface area contributed by atoms with Crippen LogP contribution in [0, 0.1) is 5.82 Å². The minimum absolute atomic E-state index is 0.0847. The molecule has 2 aromatic carbocycles. The van der Waals surface area contributed by atoms with Crippen molar-refractivity contribution < 1.29 is 14.1 Å². The Morgan fingerprint density at radius 1 is 1.16 bits per heavy atom. The van der Waals surface area contributed by atoms with Gasteiger partial charge in [0.15, 0.2) is 0 Å². The molecule has 1 amide bonds. The molecule has 0 unspecified atom stereocenters. The number of amides is 1. The number of carbonyl (C=O) groups excluding carboxylic acids is 1. The van der Waals surface area contributed by atoms with Gasteiger partial charge in [-0.15, -0.1) is 11.3 Å². The van der Waals surface area contributed by atoms with E-state index < -0.39 is 0 Å². The summed E-state index contributed by atoms with van der Waals surface area (Å²) in [6.45, 7) is 4.04. The van der Waals surface area contributed by atoms with Crippen LogP contribution in [-0.4, -0.2) is 42.0 Å². The highest BCUT2D eigenvalue weighted by atomic mass is 32.1. The Bertz CT molecular complexity index is 869. The van der Waals surface area contributed by atoms with E-state index in [0.717, 1.165) is 30.2 Å². The van der Waals surface area contributed by atoms with Crippen LogP contribution in [0.3, 0.4) is 0 Å². The van der Waals surface area contributed by atoms with Crippen LogP contribution in [0.5, 0.6) is 0 Å². The molecule has 2 heterocycles. The van der Waals surface area contributed by atoms with E-state index in [1.54, 1.807) is 23.5 Å². The van der Waals surface area contributed by atoms with E-state index in [2.05, 4.69) is 6.07 Å². The number of carbonyl (C=O) groups is 1. The number of aromatic nitrogens is 1. The molecular weight excluding hydrogens is 337 g/mol. The highest BCUT2D eigenvalue weighted by Crippen LogP contribution is 2.20. The fourth-order valence-electron chi connectivity index (χ4n) is 3.22. The number of nitrogens with one attached hydrogen (secondary N) is 1. The average molecular weight is 356 g/mol. The first-order valence-corrected chi connectivity index (χ1v) is 9.23. The number of thiazole rings is 1. The standard InChI is InChI=1S/C19H18FN3OS/c20-15-5-3-4-14(12-15)19(24)23-10-8-22(9-11-23)13-18-21-16-6-1-2-7-17(16)25-18/h1-7,12H,8-11,13H2/p+1. The van der Waals surface area contributed by atoms with Crippen LogP contribution in [0.4, 0.5) is 4.39 Å². The molecule has 0 atom stereocenters. The second kappa shape index (κ2) is 6.90. The van der Waals surface area contributed by atoms with Gasteiger partial charge in [0, 0.05) is 5.56 Å². The molecule has 3 aromatic rings. The van der Waals surface area contributed by atoms with E-state index in [-0.39, 0.29) is 11.7 Å². The molecule has 1 N–H and O–H groups in total. The summed E-state index contributed by atoms with van der Waals surface area (Å²) < 4.78 is 14.5. The monoisotopic (exact) mass is 356 g/mol. The van der Waals surface area contributed by atoms with Gasteiger partial charge >= 0.3 is 0 Å². The maximum Gasteiger partial charge on any atom is 0.254 e. The van der Waals surface area contributed by atoms with Gasteiger partial charge < -0.3 is 9.80 Å². The third kappa shape index (κ3) is 3.55. The normalized spacial score (nSPS) is 15.6. The predicted molar refractivity (Wildman–Crippen MR) is 96.3 cm³/mol. The molecule has 6 heteroatoms. The Balaban J connectivity index is 1.37. The van der Waals surface area contributed by atoms with Gasteiger partial charge in [0.25, 0.3) is 5.91 Å². The quantitative estimate of drug-likeness (QED) is 0.779. The first kappa shape index (κ1) is 16.2. The Kier molecular flexibility index (Phi) is 4.46. The summed E-state index contributed by atoms with van der Waals surface area (Å²) in [7, 11) is 0. The lowest BCUT2D eigenvalue weighted by Crippen LogP contribution is -3.13. The summed E-state index contributed by atoms with van der Waals surface area (Å²) in [5.41, 5.74) is 1.48. The van der Waals surface area contributed by atoms with Crippen molar-refractivity contribution in [2.75, 3.05) is 26.2 Å². The van der Waals surface area contributed by atoms with Crippen LogP contribution in [0.25, 0.3) is 10.2 Å². The van der Waals surface area contributed by atoms with E-state index in [1.165, 1.54) is 21.7 Å². The van der Waals surface area contributed by atoms with Gasteiger partial charge in [-0.05, 0) is 30.3 Å². The molecule has 0 aliphatic carbocycles. The number of fused-ring (bicyclic) bond motifs is 1. The molecule has 0 spiro atoms. The van der Waals surface area contributed by atoms with Gasteiger partial charge in [0.1, 0.15) is 17.4 Å². The number of benzene rings is 2. The zero-order valence-corrected chi connectivity index (χ0v) is 14.6. The van der Waals surface area contributed by atoms with Gasteiger partial charge in [-0.25, -0.2) is 9.37 Å². The van der Waals surface area contributed by atoms with Crippen molar-refractivity contribution in [1.82, 2.24) is 9.88 Å². The molecule has 4 rings (SSSR count). The zero-order valence-electron chi connectivity index (χ0n) is 13.7. The van der Waals surface area contributed by atoms with Crippen molar-refractivity contribution in [1.29, 1.82) is 0 Å². The van der Waals surface area contributed by atoms with E-state index in [0.29, 0.717) is 18.7 Å². The highest BCUT2D eigenvalue weighted by molar-refractivity contribution is 7.18. The Hall–Kier alpha value is -2.31. The van der Waals surface area contributed by atoms with Gasteiger partial charge in [-0.2, -0.15) is 0 Å². The SMILES string of the molecule is O=C(c1cccc(F)c1)N1CC[NH+](Cc2nc3ccccc3s2)CC1. The first-order valence-electron chi connectivity index (χ1n) is 8.42. The van der Waals surface area contributed by atoms with E-state index in [4.69, 9.17) is 4.98 Å². The molecule has 128 valence electrons. The smallest absolute Gasteiger partial charge is 0.254 e. The van der Waals surface area contributed by atoms with Crippen LogP contribution >= 0.6 is 11.3 Å². The molecule has 1 aliphatic heterocycles. The minimum atomic E-state index is -0.369. The predicted octanol–water partition coefficient (Wildman–Crippen LogP) is 1.98.